The Hall–Kier alpha value is -2.95. The van der Waals surface area contributed by atoms with Gasteiger partial charge in [-0.3, -0.25) is 9.48 Å². The highest BCUT2D eigenvalue weighted by Gasteiger charge is 2.59. The number of alkyl halides is 5. The standard InChI is InChI=1S/C23H21ClF5N5O/c24-13-4-5-17-16(6-13)18(8-19(33-17)23(27,28)29)31-14-2-1-3-15(7-14)32-21(35)12-10-30-34(11-12)20-9-22(20,25)26/h4-6,8,10-11,14-15,20H,1-3,7,9H2,(H,31,33)(H,32,35)/t14-,15+,20?/m0/s1. The molecule has 0 spiro atoms. The number of hydrogen-bond donors (Lipinski definition) is 2. The maximum absolute atomic E-state index is 13.4. The first-order chi connectivity index (χ1) is 16.5. The number of nitrogens with zero attached hydrogens (tertiary/aromatic N) is 3. The summed E-state index contributed by atoms with van der Waals surface area (Å²) < 4.78 is 67.8. The largest absolute Gasteiger partial charge is 0.433 e. The predicted molar refractivity (Wildman–Crippen MR) is 120 cm³/mol. The lowest BCUT2D eigenvalue weighted by Gasteiger charge is -2.31. The highest BCUT2D eigenvalue weighted by Crippen LogP contribution is 2.52. The fourth-order valence-electron chi connectivity index (χ4n) is 4.51. The van der Waals surface area contributed by atoms with Crippen LogP contribution in [0.3, 0.4) is 0 Å². The van der Waals surface area contributed by atoms with Gasteiger partial charge in [-0.2, -0.15) is 18.3 Å². The Morgan fingerprint density at radius 1 is 1.17 bits per heavy atom. The van der Waals surface area contributed by atoms with Gasteiger partial charge in [-0.05, 0) is 49.9 Å². The second-order valence-electron chi connectivity index (χ2n) is 9.08. The minimum Gasteiger partial charge on any atom is -0.382 e. The van der Waals surface area contributed by atoms with Crippen molar-refractivity contribution in [2.24, 2.45) is 0 Å². The second kappa shape index (κ2) is 8.61. The van der Waals surface area contributed by atoms with Gasteiger partial charge in [0.1, 0.15) is 11.7 Å². The summed E-state index contributed by atoms with van der Waals surface area (Å²) in [6.45, 7) is 0. The molecule has 6 nitrogen and oxygen atoms in total. The lowest BCUT2D eigenvalue weighted by Crippen LogP contribution is -2.41. The van der Waals surface area contributed by atoms with E-state index in [-0.39, 0.29) is 35.3 Å². The van der Waals surface area contributed by atoms with Crippen LogP contribution in [-0.4, -0.2) is 38.7 Å². The SMILES string of the molecule is O=C(N[C@@H]1CCC[C@H](Nc2cc(C(F)(F)F)nc3ccc(Cl)cc23)C1)c1cnn(C2CC2(F)F)c1. The van der Waals surface area contributed by atoms with Crippen LogP contribution in [0.5, 0.6) is 0 Å². The molecule has 1 amide bonds. The van der Waals surface area contributed by atoms with Crippen molar-refractivity contribution in [2.45, 2.75) is 62.3 Å². The molecule has 0 aliphatic heterocycles. The zero-order chi connectivity index (χ0) is 25.0. The van der Waals surface area contributed by atoms with E-state index >= 15 is 0 Å². The van der Waals surface area contributed by atoms with E-state index in [4.69, 9.17) is 11.6 Å². The second-order valence-corrected chi connectivity index (χ2v) is 9.52. The third kappa shape index (κ3) is 5.05. The predicted octanol–water partition coefficient (Wildman–Crippen LogP) is 5.84. The highest BCUT2D eigenvalue weighted by molar-refractivity contribution is 6.31. The molecule has 2 aromatic heterocycles. The Labute approximate surface area is 201 Å². The quantitative estimate of drug-likeness (QED) is 0.421. The summed E-state index contributed by atoms with van der Waals surface area (Å²) in [5.41, 5.74) is -0.375. The van der Waals surface area contributed by atoms with Gasteiger partial charge in [-0.1, -0.05) is 11.6 Å². The summed E-state index contributed by atoms with van der Waals surface area (Å²) in [4.78, 5) is 16.4. The summed E-state index contributed by atoms with van der Waals surface area (Å²) >= 11 is 6.07. The fourth-order valence-corrected chi connectivity index (χ4v) is 4.69. The van der Waals surface area contributed by atoms with Crippen molar-refractivity contribution in [3.63, 3.8) is 0 Å². The van der Waals surface area contributed by atoms with Crippen molar-refractivity contribution in [3.8, 4) is 0 Å². The molecule has 0 bridgehead atoms. The van der Waals surface area contributed by atoms with Crippen LogP contribution in [-0.2, 0) is 6.18 Å². The van der Waals surface area contributed by atoms with Crippen molar-refractivity contribution in [2.75, 3.05) is 5.32 Å². The average molecular weight is 514 g/mol. The van der Waals surface area contributed by atoms with Crippen LogP contribution in [0.4, 0.5) is 27.6 Å². The lowest BCUT2D eigenvalue weighted by atomic mass is 9.90. The maximum Gasteiger partial charge on any atom is 0.433 e. The van der Waals surface area contributed by atoms with Gasteiger partial charge in [0.05, 0.1) is 17.3 Å². The minimum atomic E-state index is -4.61. The molecule has 2 heterocycles. The Morgan fingerprint density at radius 2 is 1.91 bits per heavy atom. The Morgan fingerprint density at radius 3 is 2.63 bits per heavy atom. The van der Waals surface area contributed by atoms with Gasteiger partial charge in [0.2, 0.25) is 0 Å². The van der Waals surface area contributed by atoms with Crippen LogP contribution < -0.4 is 10.6 Å². The van der Waals surface area contributed by atoms with Crippen LogP contribution in [0.15, 0.2) is 36.7 Å². The lowest BCUT2D eigenvalue weighted by molar-refractivity contribution is -0.140. The Bertz CT molecular complexity index is 1280. The molecule has 1 unspecified atom stereocenters. The number of halogens is 6. The first-order valence-electron chi connectivity index (χ1n) is 11.2. The summed E-state index contributed by atoms with van der Waals surface area (Å²) in [7, 11) is 0. The number of anilines is 1. The number of hydrogen-bond acceptors (Lipinski definition) is 4. The number of pyridine rings is 1. The first-order valence-corrected chi connectivity index (χ1v) is 11.5. The van der Waals surface area contributed by atoms with E-state index in [0.29, 0.717) is 29.7 Å². The maximum atomic E-state index is 13.4. The molecule has 2 saturated carbocycles. The van der Waals surface area contributed by atoms with Crippen molar-refractivity contribution in [3.05, 3.63) is 52.9 Å². The molecular weight excluding hydrogens is 493 g/mol. The number of aromatic nitrogens is 3. The topological polar surface area (TPSA) is 71.8 Å². The molecule has 3 atom stereocenters. The van der Waals surface area contributed by atoms with Crippen LogP contribution >= 0.6 is 11.6 Å². The molecule has 0 radical (unpaired) electrons. The number of benzene rings is 1. The molecule has 5 rings (SSSR count). The monoisotopic (exact) mass is 513 g/mol. The summed E-state index contributed by atoms with van der Waals surface area (Å²) in [6.07, 6.45) is 0.276. The van der Waals surface area contributed by atoms with Gasteiger partial charge < -0.3 is 10.6 Å². The molecule has 3 aromatic rings. The van der Waals surface area contributed by atoms with Gasteiger partial charge in [-0.25, -0.2) is 13.8 Å². The molecule has 0 saturated heterocycles. The average Bonchev–Trinajstić information content (AvgIpc) is 3.18. The van der Waals surface area contributed by atoms with E-state index in [2.05, 4.69) is 20.7 Å². The smallest absolute Gasteiger partial charge is 0.382 e. The van der Waals surface area contributed by atoms with Crippen molar-refractivity contribution >= 4 is 34.1 Å². The minimum absolute atomic E-state index is 0.172. The molecule has 2 fully saturated rings. The van der Waals surface area contributed by atoms with Crippen LogP contribution in [0, 0.1) is 0 Å². The molecular formula is C23H21ClF5N5O. The van der Waals surface area contributed by atoms with Gasteiger partial charge in [0.25, 0.3) is 11.8 Å². The van der Waals surface area contributed by atoms with Crippen molar-refractivity contribution in [1.29, 1.82) is 0 Å². The highest BCUT2D eigenvalue weighted by atomic mass is 35.5. The normalized spacial score (nSPS) is 23.8. The van der Waals surface area contributed by atoms with E-state index in [1.54, 1.807) is 6.07 Å². The summed E-state index contributed by atoms with van der Waals surface area (Å²) in [5.74, 6) is -3.22. The molecule has 35 heavy (non-hydrogen) atoms. The van der Waals surface area contributed by atoms with E-state index in [1.807, 2.05) is 0 Å². The van der Waals surface area contributed by atoms with Crippen LogP contribution in [0.25, 0.3) is 10.9 Å². The van der Waals surface area contributed by atoms with Gasteiger partial charge in [-0.15, -0.1) is 0 Å². The number of fused-ring (bicyclic) bond motifs is 1. The summed E-state index contributed by atoms with van der Waals surface area (Å²) in [6, 6.07) is 4.01. The van der Waals surface area contributed by atoms with Gasteiger partial charge in [0.15, 0.2) is 0 Å². The number of carbonyl (C=O) groups is 1. The number of nitrogens with one attached hydrogen (secondary N) is 2. The number of rotatable bonds is 5. The molecule has 1 aromatic carbocycles. The third-order valence-electron chi connectivity index (χ3n) is 6.41. The van der Waals surface area contributed by atoms with E-state index in [1.165, 1.54) is 24.5 Å². The summed E-state index contributed by atoms with van der Waals surface area (Å²) in [5, 5.41) is 10.8. The molecule has 2 N–H and O–H groups in total. The van der Waals surface area contributed by atoms with Crippen molar-refractivity contribution < 1.29 is 26.7 Å². The Balaban J connectivity index is 1.29. The van der Waals surface area contributed by atoms with E-state index < -0.39 is 29.7 Å². The van der Waals surface area contributed by atoms with Crippen molar-refractivity contribution in [1.82, 2.24) is 20.1 Å². The zero-order valence-electron chi connectivity index (χ0n) is 18.2. The fraction of sp³-hybridized carbons (Fsp3) is 0.435. The van der Waals surface area contributed by atoms with Gasteiger partial charge >= 0.3 is 6.18 Å². The molecule has 12 heteroatoms. The zero-order valence-corrected chi connectivity index (χ0v) is 19.0. The first kappa shape index (κ1) is 23.8. The molecule has 2 aliphatic carbocycles. The molecule has 186 valence electrons. The number of amides is 1. The van der Waals surface area contributed by atoms with E-state index in [9.17, 15) is 26.7 Å². The van der Waals surface area contributed by atoms with Crippen LogP contribution in [0.1, 0.15) is 54.2 Å². The Kier molecular flexibility index (Phi) is 5.85. The van der Waals surface area contributed by atoms with Gasteiger partial charge in [0, 0.05) is 40.8 Å². The number of carbonyl (C=O) groups excluding carboxylic acids is 1. The van der Waals surface area contributed by atoms with E-state index in [0.717, 1.165) is 17.2 Å². The third-order valence-corrected chi connectivity index (χ3v) is 6.64. The van der Waals surface area contributed by atoms with Crippen LogP contribution in [0.2, 0.25) is 5.02 Å². The molecule has 2 aliphatic rings.